The molecule has 138 valence electrons. The highest BCUT2D eigenvalue weighted by atomic mass is 19.1. The molecule has 2 aromatic heterocycles. The van der Waals surface area contributed by atoms with Gasteiger partial charge in [-0.15, -0.1) is 0 Å². The van der Waals surface area contributed by atoms with Crippen LogP contribution in [-0.4, -0.2) is 28.8 Å². The number of nitrogens with one attached hydrogen (secondary N) is 2. The molecule has 3 rings (SSSR count). The molecule has 0 aliphatic carbocycles. The van der Waals surface area contributed by atoms with Crippen LogP contribution in [0.4, 0.5) is 4.39 Å². The van der Waals surface area contributed by atoms with Gasteiger partial charge in [-0.25, -0.2) is 9.38 Å². The molecule has 2 heterocycles. The Balaban J connectivity index is 1.60. The van der Waals surface area contributed by atoms with Crippen molar-refractivity contribution in [1.29, 1.82) is 0 Å². The summed E-state index contributed by atoms with van der Waals surface area (Å²) in [5, 5.41) is 11.5. The van der Waals surface area contributed by atoms with Crippen molar-refractivity contribution in [3.63, 3.8) is 0 Å². The molecule has 0 aliphatic heterocycles. The third kappa shape index (κ3) is 4.41. The Morgan fingerprint density at radius 1 is 1.35 bits per heavy atom. The molecule has 0 saturated heterocycles. The van der Waals surface area contributed by atoms with Crippen LogP contribution in [0, 0.1) is 12.7 Å². The van der Waals surface area contributed by atoms with E-state index in [1.165, 1.54) is 12.1 Å². The molecule has 1 aromatic carbocycles. The monoisotopic (exact) mass is 357 g/mol. The van der Waals surface area contributed by atoms with Gasteiger partial charge < -0.3 is 15.1 Å². The van der Waals surface area contributed by atoms with Crippen molar-refractivity contribution in [1.82, 2.24) is 20.4 Å². The van der Waals surface area contributed by atoms with Crippen LogP contribution in [0.15, 0.2) is 46.1 Å². The minimum absolute atomic E-state index is 0.261. The Hall–Kier alpha value is -2.83. The number of aliphatic imine (C=N–C) groups is 1. The number of guanidine groups is 1. The Kier molecular flexibility index (Phi) is 5.88. The van der Waals surface area contributed by atoms with Gasteiger partial charge in [0.2, 0.25) is 0 Å². The van der Waals surface area contributed by atoms with E-state index in [4.69, 9.17) is 4.42 Å². The van der Waals surface area contributed by atoms with Crippen LogP contribution in [0.3, 0.4) is 0 Å². The van der Waals surface area contributed by atoms with Crippen molar-refractivity contribution in [3.05, 3.63) is 53.8 Å². The number of nitrogens with zero attached hydrogens (tertiary/aromatic N) is 3. The van der Waals surface area contributed by atoms with Crippen molar-refractivity contribution >= 4 is 16.9 Å². The van der Waals surface area contributed by atoms with Crippen LogP contribution >= 0.6 is 0 Å². The summed E-state index contributed by atoms with van der Waals surface area (Å²) in [4.78, 5) is 4.58. The zero-order valence-electron chi connectivity index (χ0n) is 15.1. The number of aromatic nitrogens is 2. The van der Waals surface area contributed by atoms with Gasteiger partial charge in [0.25, 0.3) is 0 Å². The highest BCUT2D eigenvalue weighted by molar-refractivity contribution is 5.82. The molecular weight excluding hydrogens is 333 g/mol. The third-order valence-electron chi connectivity index (χ3n) is 4.14. The summed E-state index contributed by atoms with van der Waals surface area (Å²) in [6.07, 6.45) is 4.67. The second-order valence-corrected chi connectivity index (χ2v) is 6.04. The van der Waals surface area contributed by atoms with E-state index in [9.17, 15) is 4.39 Å². The van der Waals surface area contributed by atoms with E-state index in [1.807, 2.05) is 30.8 Å². The summed E-state index contributed by atoms with van der Waals surface area (Å²) in [5.41, 5.74) is 1.61. The molecule has 0 fully saturated rings. The highest BCUT2D eigenvalue weighted by Crippen LogP contribution is 2.26. The zero-order valence-corrected chi connectivity index (χ0v) is 15.1. The largest absolute Gasteiger partial charge is 0.459 e. The lowest BCUT2D eigenvalue weighted by atomic mass is 10.1. The van der Waals surface area contributed by atoms with Crippen LogP contribution in [0.2, 0.25) is 0 Å². The quantitative estimate of drug-likeness (QED) is 0.387. The molecular formula is C19H24FN5O. The van der Waals surface area contributed by atoms with Crippen LogP contribution < -0.4 is 10.6 Å². The number of furan rings is 1. The van der Waals surface area contributed by atoms with Gasteiger partial charge in [-0.3, -0.25) is 4.68 Å². The van der Waals surface area contributed by atoms with Crippen LogP contribution in [-0.2, 0) is 13.1 Å². The molecule has 7 heteroatoms. The molecule has 0 spiro atoms. The fraction of sp³-hybridized carbons (Fsp3) is 0.368. The summed E-state index contributed by atoms with van der Waals surface area (Å²) in [7, 11) is 0. The second kappa shape index (κ2) is 8.51. The van der Waals surface area contributed by atoms with E-state index in [0.29, 0.717) is 12.1 Å². The summed E-state index contributed by atoms with van der Waals surface area (Å²) < 4.78 is 21.1. The molecule has 0 amide bonds. The first-order valence-corrected chi connectivity index (χ1v) is 8.84. The molecule has 3 aromatic rings. The van der Waals surface area contributed by atoms with Gasteiger partial charge in [0.15, 0.2) is 5.96 Å². The average Bonchev–Trinajstić information content (AvgIpc) is 3.25. The summed E-state index contributed by atoms with van der Waals surface area (Å²) in [6.45, 7) is 6.77. The number of fused-ring (bicyclic) bond motifs is 1. The maximum Gasteiger partial charge on any atom is 0.191 e. The SMILES string of the molecule is CCNC(=NCc1oc2ccc(F)cc2c1C)NCCCn1cccn1. The lowest BCUT2D eigenvalue weighted by molar-refractivity contribution is 0.545. The van der Waals surface area contributed by atoms with E-state index < -0.39 is 0 Å². The lowest BCUT2D eigenvalue weighted by Crippen LogP contribution is -2.38. The zero-order chi connectivity index (χ0) is 18.4. The van der Waals surface area contributed by atoms with E-state index in [1.54, 1.807) is 12.3 Å². The molecule has 0 atom stereocenters. The molecule has 6 nitrogen and oxygen atoms in total. The summed E-state index contributed by atoms with van der Waals surface area (Å²) >= 11 is 0. The van der Waals surface area contributed by atoms with E-state index in [0.717, 1.165) is 48.7 Å². The molecule has 0 bridgehead atoms. The van der Waals surface area contributed by atoms with Crippen LogP contribution in [0.1, 0.15) is 24.7 Å². The lowest BCUT2D eigenvalue weighted by Gasteiger charge is -2.11. The van der Waals surface area contributed by atoms with Crippen molar-refractivity contribution in [2.45, 2.75) is 33.4 Å². The maximum absolute atomic E-state index is 13.4. The number of rotatable bonds is 7. The molecule has 0 unspecified atom stereocenters. The van der Waals surface area contributed by atoms with E-state index in [2.05, 4.69) is 20.7 Å². The third-order valence-corrected chi connectivity index (χ3v) is 4.14. The average molecular weight is 357 g/mol. The van der Waals surface area contributed by atoms with E-state index >= 15 is 0 Å². The summed E-state index contributed by atoms with van der Waals surface area (Å²) in [5.74, 6) is 1.22. The Labute approximate surface area is 152 Å². The normalized spacial score (nSPS) is 11.9. The van der Waals surface area contributed by atoms with E-state index in [-0.39, 0.29) is 5.82 Å². The Morgan fingerprint density at radius 3 is 3.00 bits per heavy atom. The van der Waals surface area contributed by atoms with Crippen molar-refractivity contribution in [2.75, 3.05) is 13.1 Å². The van der Waals surface area contributed by atoms with Crippen molar-refractivity contribution < 1.29 is 8.81 Å². The van der Waals surface area contributed by atoms with Gasteiger partial charge in [-0.1, -0.05) is 0 Å². The second-order valence-electron chi connectivity index (χ2n) is 6.04. The van der Waals surface area contributed by atoms with Crippen molar-refractivity contribution in [2.24, 2.45) is 4.99 Å². The number of hydrogen-bond donors (Lipinski definition) is 2. The first kappa shape index (κ1) is 18.0. The number of benzene rings is 1. The first-order valence-electron chi connectivity index (χ1n) is 8.84. The number of hydrogen-bond acceptors (Lipinski definition) is 3. The number of halogens is 1. The molecule has 2 N–H and O–H groups in total. The van der Waals surface area contributed by atoms with Gasteiger partial charge in [0.05, 0.1) is 0 Å². The van der Waals surface area contributed by atoms with Gasteiger partial charge in [0.1, 0.15) is 23.7 Å². The smallest absolute Gasteiger partial charge is 0.191 e. The van der Waals surface area contributed by atoms with Gasteiger partial charge >= 0.3 is 0 Å². The fourth-order valence-electron chi connectivity index (χ4n) is 2.77. The first-order chi connectivity index (χ1) is 12.7. The van der Waals surface area contributed by atoms with Crippen LogP contribution in [0.5, 0.6) is 0 Å². The predicted octanol–water partition coefficient (Wildman–Crippen LogP) is 3.22. The highest BCUT2D eigenvalue weighted by Gasteiger charge is 2.11. The maximum atomic E-state index is 13.4. The molecule has 26 heavy (non-hydrogen) atoms. The van der Waals surface area contributed by atoms with Crippen molar-refractivity contribution in [3.8, 4) is 0 Å². The van der Waals surface area contributed by atoms with Gasteiger partial charge in [-0.05, 0) is 44.5 Å². The summed E-state index contributed by atoms with van der Waals surface area (Å²) in [6, 6.07) is 6.48. The topological polar surface area (TPSA) is 67.4 Å². The predicted molar refractivity (Wildman–Crippen MR) is 101 cm³/mol. The van der Waals surface area contributed by atoms with Gasteiger partial charge in [-0.2, -0.15) is 5.10 Å². The fourth-order valence-corrected chi connectivity index (χ4v) is 2.77. The Bertz CT molecular complexity index is 870. The molecule has 0 radical (unpaired) electrons. The molecule has 0 saturated carbocycles. The Morgan fingerprint density at radius 2 is 2.23 bits per heavy atom. The number of aryl methyl sites for hydroxylation is 2. The van der Waals surface area contributed by atoms with Gasteiger partial charge in [0, 0.05) is 43.0 Å². The van der Waals surface area contributed by atoms with Crippen LogP contribution in [0.25, 0.3) is 11.0 Å². The molecule has 0 aliphatic rings. The minimum atomic E-state index is -0.261. The standard InChI is InChI=1S/C19H24FN5O/c1-3-21-19(22-8-4-10-25-11-5-9-24-25)23-13-18-14(2)16-12-15(20)6-7-17(16)26-18/h5-7,9,11-12H,3-4,8,10,13H2,1-2H3,(H2,21,22,23). The minimum Gasteiger partial charge on any atom is -0.459 e.